The average Bonchev–Trinajstić information content (AvgIpc) is 3.20. The monoisotopic (exact) mass is 615 g/mol. The minimum Gasteiger partial charge on any atom is -0.343 e. The lowest BCUT2D eigenvalue weighted by Gasteiger charge is -2.30. The summed E-state index contributed by atoms with van der Waals surface area (Å²) in [6, 6.07) is 20.2. The van der Waals surface area contributed by atoms with Crippen LogP contribution in [0.3, 0.4) is 0 Å². The summed E-state index contributed by atoms with van der Waals surface area (Å²) in [5.74, 6) is -0.188. The molecule has 0 aliphatic carbocycles. The molecule has 1 unspecified atom stereocenters. The predicted molar refractivity (Wildman–Crippen MR) is 167 cm³/mol. The topological polar surface area (TPSA) is 112 Å². The Kier molecular flexibility index (Phi) is 7.76. The van der Waals surface area contributed by atoms with Crippen molar-refractivity contribution in [1.29, 1.82) is 0 Å². The van der Waals surface area contributed by atoms with Crippen molar-refractivity contribution >= 4 is 61.7 Å². The van der Waals surface area contributed by atoms with Gasteiger partial charge in [-0.2, -0.15) is 0 Å². The maximum absolute atomic E-state index is 14.1. The number of hydrogen-bond acceptors (Lipinski definition) is 4. The van der Waals surface area contributed by atoms with E-state index < -0.39 is 17.5 Å². The van der Waals surface area contributed by atoms with Gasteiger partial charge in [-0.15, -0.1) is 0 Å². The van der Waals surface area contributed by atoms with Gasteiger partial charge in [0.1, 0.15) is 11.9 Å². The second-order valence-corrected chi connectivity index (χ2v) is 11.7. The fourth-order valence-electron chi connectivity index (χ4n) is 5.29. The SMILES string of the molecule is CCN(C(=O)c1cccc(N2C(=O)C(NC(=O)C(C)(C)N)CCc3ccccc32)c1C)c1[nH]c2ccccc2c1Br. The lowest BCUT2D eigenvalue weighted by molar-refractivity contribution is -0.130. The molecule has 9 heteroatoms. The first-order valence-corrected chi connectivity index (χ1v) is 14.5. The van der Waals surface area contributed by atoms with Crippen molar-refractivity contribution in [3.05, 3.63) is 87.9 Å². The highest BCUT2D eigenvalue weighted by atomic mass is 79.9. The molecule has 1 aliphatic rings. The molecule has 1 aliphatic heterocycles. The fraction of sp³-hybridized carbons (Fsp3) is 0.281. The smallest absolute Gasteiger partial charge is 0.259 e. The summed E-state index contributed by atoms with van der Waals surface area (Å²) in [5.41, 5.74) is 9.27. The normalized spacial score (nSPS) is 15.4. The van der Waals surface area contributed by atoms with Crippen LogP contribution in [0.5, 0.6) is 0 Å². The number of carbonyl (C=O) groups excluding carboxylic acids is 3. The van der Waals surface area contributed by atoms with Crippen molar-refractivity contribution in [2.24, 2.45) is 5.73 Å². The number of amides is 3. The molecule has 0 bridgehead atoms. The third kappa shape index (κ3) is 5.27. The molecule has 3 amide bonds. The van der Waals surface area contributed by atoms with Gasteiger partial charge in [0.05, 0.1) is 21.4 Å². The predicted octanol–water partition coefficient (Wildman–Crippen LogP) is 5.74. The van der Waals surface area contributed by atoms with Crippen molar-refractivity contribution in [3.8, 4) is 0 Å². The zero-order chi connectivity index (χ0) is 29.5. The first-order chi connectivity index (χ1) is 19.5. The van der Waals surface area contributed by atoms with Gasteiger partial charge < -0.3 is 16.0 Å². The minimum atomic E-state index is -1.13. The average molecular weight is 617 g/mol. The Morgan fingerprint density at radius 2 is 1.76 bits per heavy atom. The molecular formula is C32H34BrN5O3. The number of benzene rings is 3. The van der Waals surface area contributed by atoms with E-state index in [2.05, 4.69) is 26.2 Å². The first kappa shape index (κ1) is 28.6. The Morgan fingerprint density at radius 3 is 2.46 bits per heavy atom. The number of rotatable bonds is 6. The Hall–Kier alpha value is -3.95. The van der Waals surface area contributed by atoms with Crippen molar-refractivity contribution in [1.82, 2.24) is 10.3 Å². The summed E-state index contributed by atoms with van der Waals surface area (Å²) < 4.78 is 0.815. The number of nitrogens with one attached hydrogen (secondary N) is 2. The van der Waals surface area contributed by atoms with Gasteiger partial charge in [-0.1, -0.05) is 42.5 Å². The molecule has 41 heavy (non-hydrogen) atoms. The van der Waals surface area contributed by atoms with Gasteiger partial charge in [0, 0.05) is 23.0 Å². The fourth-order valence-corrected chi connectivity index (χ4v) is 5.95. The molecule has 1 atom stereocenters. The molecule has 1 aromatic heterocycles. The molecule has 8 nitrogen and oxygen atoms in total. The van der Waals surface area contributed by atoms with Crippen LogP contribution in [-0.4, -0.2) is 40.8 Å². The van der Waals surface area contributed by atoms with Crippen LogP contribution in [0.25, 0.3) is 10.9 Å². The van der Waals surface area contributed by atoms with Crippen molar-refractivity contribution in [2.75, 3.05) is 16.3 Å². The van der Waals surface area contributed by atoms with Crippen molar-refractivity contribution in [2.45, 2.75) is 52.1 Å². The zero-order valence-corrected chi connectivity index (χ0v) is 25.2. The van der Waals surface area contributed by atoms with Crippen molar-refractivity contribution < 1.29 is 14.4 Å². The molecule has 0 radical (unpaired) electrons. The van der Waals surface area contributed by atoms with E-state index in [9.17, 15) is 14.4 Å². The molecular weight excluding hydrogens is 582 g/mol. The minimum absolute atomic E-state index is 0.190. The molecule has 5 rings (SSSR count). The van der Waals surface area contributed by atoms with Crippen molar-refractivity contribution in [3.63, 3.8) is 0 Å². The number of H-pyrrole nitrogens is 1. The third-order valence-electron chi connectivity index (χ3n) is 7.58. The van der Waals surface area contributed by atoms with Gasteiger partial charge in [-0.05, 0) is 91.9 Å². The summed E-state index contributed by atoms with van der Waals surface area (Å²) in [6.07, 6.45) is 1.04. The van der Waals surface area contributed by atoms with Crippen LogP contribution in [0.1, 0.15) is 48.7 Å². The van der Waals surface area contributed by atoms with E-state index >= 15 is 0 Å². The zero-order valence-electron chi connectivity index (χ0n) is 23.6. The Balaban J connectivity index is 1.57. The molecule has 0 fully saturated rings. The molecule has 4 aromatic rings. The van der Waals surface area contributed by atoms with Crippen LogP contribution in [-0.2, 0) is 16.0 Å². The summed E-state index contributed by atoms with van der Waals surface area (Å²) in [6.45, 7) is 7.44. The number of aromatic amines is 1. The van der Waals surface area contributed by atoms with E-state index in [1.165, 1.54) is 0 Å². The maximum atomic E-state index is 14.1. The lowest BCUT2D eigenvalue weighted by Crippen LogP contribution is -2.55. The Labute approximate surface area is 248 Å². The quantitative estimate of drug-likeness (QED) is 0.257. The Bertz CT molecular complexity index is 1650. The number of hydrogen-bond donors (Lipinski definition) is 3. The van der Waals surface area contributed by atoms with Crippen LogP contribution in [0.2, 0.25) is 0 Å². The summed E-state index contributed by atoms with van der Waals surface area (Å²) in [4.78, 5) is 47.7. The van der Waals surface area contributed by atoms with Crippen LogP contribution >= 0.6 is 15.9 Å². The largest absolute Gasteiger partial charge is 0.343 e. The highest BCUT2D eigenvalue weighted by Gasteiger charge is 2.36. The highest BCUT2D eigenvalue weighted by molar-refractivity contribution is 9.10. The summed E-state index contributed by atoms with van der Waals surface area (Å²) in [7, 11) is 0. The first-order valence-electron chi connectivity index (χ1n) is 13.7. The van der Waals surface area contributed by atoms with Gasteiger partial charge >= 0.3 is 0 Å². The standard InChI is InChI=1S/C32H34BrN5O3/c1-5-37(28-27(33)22-12-7-8-14-23(22)35-28)29(39)21-13-10-16-25(19(21)2)38-26-15-9-6-11-20(26)17-18-24(30(38)40)36-31(41)32(3,4)34/h6-16,24,35H,5,17-18,34H2,1-4H3,(H,36,41). The molecule has 212 valence electrons. The molecule has 3 aromatic carbocycles. The third-order valence-corrected chi connectivity index (χ3v) is 8.38. The van der Waals surface area contributed by atoms with Gasteiger partial charge in [-0.3, -0.25) is 24.2 Å². The Morgan fingerprint density at radius 1 is 1.07 bits per heavy atom. The number of para-hydroxylation sites is 2. The highest BCUT2D eigenvalue weighted by Crippen LogP contribution is 2.38. The number of fused-ring (bicyclic) bond motifs is 2. The van der Waals surface area contributed by atoms with Crippen LogP contribution < -0.4 is 20.9 Å². The van der Waals surface area contributed by atoms with Gasteiger partial charge in [0.2, 0.25) is 5.91 Å². The number of aromatic nitrogens is 1. The van der Waals surface area contributed by atoms with E-state index in [0.29, 0.717) is 42.0 Å². The molecule has 4 N–H and O–H groups in total. The second-order valence-electron chi connectivity index (χ2n) is 10.9. The van der Waals surface area contributed by atoms with E-state index in [0.717, 1.165) is 26.6 Å². The lowest BCUT2D eigenvalue weighted by atomic mass is 10.0. The molecule has 0 saturated heterocycles. The molecule has 0 saturated carbocycles. The molecule has 0 spiro atoms. The van der Waals surface area contributed by atoms with E-state index in [4.69, 9.17) is 5.73 Å². The van der Waals surface area contributed by atoms with E-state index in [1.54, 1.807) is 35.8 Å². The number of carbonyl (C=O) groups is 3. The summed E-state index contributed by atoms with van der Waals surface area (Å²) >= 11 is 3.68. The number of aryl methyl sites for hydroxylation is 1. The number of halogens is 1. The van der Waals surface area contributed by atoms with Gasteiger partial charge in [-0.25, -0.2) is 0 Å². The molecule has 2 heterocycles. The van der Waals surface area contributed by atoms with Gasteiger partial charge in [0.15, 0.2) is 0 Å². The van der Waals surface area contributed by atoms with Crippen LogP contribution in [0, 0.1) is 6.92 Å². The maximum Gasteiger partial charge on any atom is 0.259 e. The number of nitrogens with two attached hydrogens (primary N) is 1. The second kappa shape index (κ2) is 11.1. The van der Waals surface area contributed by atoms with Crippen LogP contribution in [0.4, 0.5) is 17.2 Å². The van der Waals surface area contributed by atoms with Crippen LogP contribution in [0.15, 0.2) is 71.2 Å². The number of anilines is 3. The van der Waals surface area contributed by atoms with E-state index in [-0.39, 0.29) is 11.8 Å². The van der Waals surface area contributed by atoms with Gasteiger partial charge in [0.25, 0.3) is 11.8 Å². The van der Waals surface area contributed by atoms with E-state index in [1.807, 2.05) is 68.4 Å². The number of nitrogens with zero attached hydrogens (tertiary/aromatic N) is 2. The summed E-state index contributed by atoms with van der Waals surface area (Å²) in [5, 5.41) is 3.85.